The van der Waals surface area contributed by atoms with Gasteiger partial charge in [0.1, 0.15) is 11.3 Å². The smallest absolute Gasteiger partial charge is 0.339 e. The molecule has 15 heavy (non-hydrogen) atoms. The lowest BCUT2D eigenvalue weighted by atomic mass is 10.1. The Balaban J connectivity index is 2.75. The monoisotopic (exact) mass is 206 g/mol. The Morgan fingerprint density at radius 3 is 2.87 bits per heavy atom. The van der Waals surface area contributed by atoms with Crippen molar-refractivity contribution < 1.29 is 15.0 Å². The van der Waals surface area contributed by atoms with Crippen LogP contribution >= 0.6 is 0 Å². The van der Waals surface area contributed by atoms with Crippen molar-refractivity contribution in [2.24, 2.45) is 0 Å². The van der Waals surface area contributed by atoms with Crippen LogP contribution in [-0.2, 0) is 6.42 Å². The first-order valence-corrected chi connectivity index (χ1v) is 4.56. The Morgan fingerprint density at radius 1 is 1.53 bits per heavy atom. The molecule has 0 bridgehead atoms. The predicted octanol–water partition coefficient (Wildman–Crippen LogP) is 1.53. The topological polar surface area (TPSA) is 86.2 Å². The summed E-state index contributed by atoms with van der Waals surface area (Å²) in [6, 6.07) is 2.80. The second-order valence-corrected chi connectivity index (χ2v) is 3.25. The summed E-state index contributed by atoms with van der Waals surface area (Å²) in [5, 5.41) is 25.8. The zero-order valence-corrected chi connectivity index (χ0v) is 8.11. The number of carbonyl (C=O) groups is 1. The van der Waals surface area contributed by atoms with E-state index in [4.69, 9.17) is 5.11 Å². The molecule has 1 aromatic heterocycles. The summed E-state index contributed by atoms with van der Waals surface area (Å²) < 4.78 is 0. The lowest BCUT2D eigenvalue weighted by Crippen LogP contribution is -1.96. The van der Waals surface area contributed by atoms with Gasteiger partial charge in [0.15, 0.2) is 0 Å². The van der Waals surface area contributed by atoms with Crippen molar-refractivity contribution in [1.82, 2.24) is 10.2 Å². The zero-order valence-electron chi connectivity index (χ0n) is 8.11. The van der Waals surface area contributed by atoms with Crippen LogP contribution in [0.5, 0.6) is 5.75 Å². The molecule has 0 saturated heterocycles. The van der Waals surface area contributed by atoms with E-state index in [0.29, 0.717) is 5.52 Å². The molecule has 1 aromatic carbocycles. The Kier molecular flexibility index (Phi) is 2.07. The average Bonchev–Trinajstić information content (AvgIpc) is 2.58. The maximum absolute atomic E-state index is 10.8. The number of hydrogen-bond donors (Lipinski definition) is 3. The molecular formula is C10H10N2O3. The van der Waals surface area contributed by atoms with Crippen molar-refractivity contribution in [3.63, 3.8) is 0 Å². The van der Waals surface area contributed by atoms with E-state index in [-0.39, 0.29) is 11.3 Å². The highest BCUT2D eigenvalue weighted by atomic mass is 16.4. The Labute approximate surface area is 85.4 Å². The van der Waals surface area contributed by atoms with Crippen LogP contribution in [0.3, 0.4) is 0 Å². The number of benzene rings is 1. The fourth-order valence-corrected chi connectivity index (χ4v) is 1.54. The van der Waals surface area contributed by atoms with Gasteiger partial charge in [0.05, 0.1) is 5.52 Å². The molecule has 0 aliphatic carbocycles. The van der Waals surface area contributed by atoms with Crippen molar-refractivity contribution in [2.45, 2.75) is 13.3 Å². The summed E-state index contributed by atoms with van der Waals surface area (Å²) in [5.74, 6) is -1.40. The van der Waals surface area contributed by atoms with Crippen molar-refractivity contribution >= 4 is 16.9 Å². The number of carboxylic acids is 1. The van der Waals surface area contributed by atoms with Gasteiger partial charge in [-0.1, -0.05) is 6.92 Å². The van der Waals surface area contributed by atoms with Gasteiger partial charge in [-0.2, -0.15) is 5.10 Å². The van der Waals surface area contributed by atoms with Gasteiger partial charge in [-0.05, 0) is 12.5 Å². The Hall–Kier alpha value is -2.04. The number of H-pyrrole nitrogens is 1. The third-order valence-electron chi connectivity index (χ3n) is 2.33. The van der Waals surface area contributed by atoms with E-state index in [1.807, 2.05) is 6.92 Å². The molecule has 0 aliphatic rings. The third-order valence-corrected chi connectivity index (χ3v) is 2.33. The first-order chi connectivity index (χ1) is 7.13. The van der Waals surface area contributed by atoms with Gasteiger partial charge in [0.25, 0.3) is 0 Å². The van der Waals surface area contributed by atoms with Crippen molar-refractivity contribution in [3.05, 3.63) is 23.4 Å². The summed E-state index contributed by atoms with van der Waals surface area (Å²) in [6.07, 6.45) is 0.736. The van der Waals surface area contributed by atoms with Gasteiger partial charge in [0.2, 0.25) is 0 Å². The van der Waals surface area contributed by atoms with Crippen LogP contribution in [0, 0.1) is 0 Å². The highest BCUT2D eigenvalue weighted by molar-refractivity contribution is 5.97. The van der Waals surface area contributed by atoms with Crippen LogP contribution in [0.1, 0.15) is 23.0 Å². The summed E-state index contributed by atoms with van der Waals surface area (Å²) in [7, 11) is 0. The second-order valence-electron chi connectivity index (χ2n) is 3.25. The van der Waals surface area contributed by atoms with E-state index in [2.05, 4.69) is 10.2 Å². The molecule has 0 amide bonds. The summed E-state index contributed by atoms with van der Waals surface area (Å²) in [6.45, 7) is 1.94. The Bertz CT molecular complexity index is 531. The van der Waals surface area contributed by atoms with E-state index in [1.54, 1.807) is 0 Å². The van der Waals surface area contributed by atoms with Crippen molar-refractivity contribution in [1.29, 1.82) is 0 Å². The molecule has 2 aromatic rings. The van der Waals surface area contributed by atoms with E-state index in [1.165, 1.54) is 12.1 Å². The number of aromatic amines is 1. The number of aromatic hydroxyl groups is 1. The highest BCUT2D eigenvalue weighted by Gasteiger charge is 2.13. The molecule has 78 valence electrons. The molecular weight excluding hydrogens is 196 g/mol. The van der Waals surface area contributed by atoms with Crippen LogP contribution in [0.4, 0.5) is 0 Å². The second kappa shape index (κ2) is 3.27. The number of nitrogens with one attached hydrogen (secondary N) is 1. The number of fused-ring (bicyclic) bond motifs is 1. The number of aryl methyl sites for hydroxylation is 1. The van der Waals surface area contributed by atoms with Crippen molar-refractivity contribution in [3.8, 4) is 5.75 Å². The van der Waals surface area contributed by atoms with E-state index >= 15 is 0 Å². The van der Waals surface area contributed by atoms with Crippen LogP contribution in [0.15, 0.2) is 12.1 Å². The summed E-state index contributed by atoms with van der Waals surface area (Å²) >= 11 is 0. The minimum Gasteiger partial charge on any atom is -0.507 e. The number of nitrogens with zero attached hydrogens (tertiary/aromatic N) is 1. The fraction of sp³-hybridized carbons (Fsp3) is 0.200. The standard InChI is InChI=1S/C10H10N2O3/c1-2-7-5-3-6(10(14)15)9(13)4-8(5)12-11-7/h3-4,13H,2H2,1H3,(H,11,12)(H,14,15). The average molecular weight is 206 g/mol. The number of hydrogen-bond acceptors (Lipinski definition) is 3. The maximum Gasteiger partial charge on any atom is 0.339 e. The minimum absolute atomic E-state index is 0.0985. The lowest BCUT2D eigenvalue weighted by Gasteiger charge is -1.99. The molecule has 0 radical (unpaired) electrons. The molecule has 0 spiro atoms. The fourth-order valence-electron chi connectivity index (χ4n) is 1.54. The number of carboxylic acid groups (broad SMARTS) is 1. The number of aromatic nitrogens is 2. The van der Waals surface area contributed by atoms with E-state index < -0.39 is 5.97 Å². The predicted molar refractivity (Wildman–Crippen MR) is 54.1 cm³/mol. The molecule has 0 unspecified atom stereocenters. The molecule has 2 rings (SSSR count). The van der Waals surface area contributed by atoms with Gasteiger partial charge in [-0.3, -0.25) is 5.10 Å². The maximum atomic E-state index is 10.8. The SMILES string of the molecule is CCc1[nH]nc2cc(O)c(C(=O)O)cc12. The number of aromatic carboxylic acids is 1. The van der Waals surface area contributed by atoms with Gasteiger partial charge >= 0.3 is 5.97 Å². The number of rotatable bonds is 2. The molecule has 0 aliphatic heterocycles. The quantitative estimate of drug-likeness (QED) is 0.695. The van der Waals surface area contributed by atoms with Gasteiger partial charge in [-0.15, -0.1) is 0 Å². The van der Waals surface area contributed by atoms with Crippen LogP contribution < -0.4 is 0 Å². The van der Waals surface area contributed by atoms with Crippen LogP contribution in [-0.4, -0.2) is 26.4 Å². The molecule has 5 heteroatoms. The van der Waals surface area contributed by atoms with Crippen LogP contribution in [0.2, 0.25) is 0 Å². The van der Waals surface area contributed by atoms with Gasteiger partial charge in [0, 0.05) is 17.1 Å². The molecule has 3 N–H and O–H groups in total. The summed E-state index contributed by atoms with van der Waals surface area (Å²) in [4.78, 5) is 10.8. The van der Waals surface area contributed by atoms with Gasteiger partial charge in [-0.25, -0.2) is 4.79 Å². The first-order valence-electron chi connectivity index (χ1n) is 4.56. The molecule has 0 atom stereocenters. The molecule has 5 nitrogen and oxygen atoms in total. The third kappa shape index (κ3) is 1.41. The molecule has 0 saturated carbocycles. The van der Waals surface area contributed by atoms with Crippen molar-refractivity contribution in [2.75, 3.05) is 0 Å². The first kappa shape index (κ1) is 9.51. The normalized spacial score (nSPS) is 10.7. The lowest BCUT2D eigenvalue weighted by molar-refractivity contribution is 0.0694. The van der Waals surface area contributed by atoms with Gasteiger partial charge < -0.3 is 10.2 Å². The molecule has 1 heterocycles. The number of phenols is 1. The van der Waals surface area contributed by atoms with Crippen LogP contribution in [0.25, 0.3) is 10.9 Å². The van der Waals surface area contributed by atoms with E-state index in [9.17, 15) is 9.90 Å². The molecule has 0 fully saturated rings. The largest absolute Gasteiger partial charge is 0.507 e. The Morgan fingerprint density at radius 2 is 2.27 bits per heavy atom. The minimum atomic E-state index is -1.14. The zero-order chi connectivity index (χ0) is 11.0. The van der Waals surface area contributed by atoms with E-state index in [0.717, 1.165) is 17.5 Å². The summed E-state index contributed by atoms with van der Waals surface area (Å²) in [5.41, 5.74) is 1.35. The highest BCUT2D eigenvalue weighted by Crippen LogP contribution is 2.25.